The van der Waals surface area contributed by atoms with Crippen LogP contribution in [0.5, 0.6) is 0 Å². The summed E-state index contributed by atoms with van der Waals surface area (Å²) in [6.45, 7) is 3.03. The van der Waals surface area contributed by atoms with Crippen molar-refractivity contribution >= 4 is 21.8 Å². The van der Waals surface area contributed by atoms with Crippen molar-refractivity contribution in [1.29, 1.82) is 0 Å². The van der Waals surface area contributed by atoms with Gasteiger partial charge < -0.3 is 8.92 Å². The molecule has 0 aliphatic rings. The highest BCUT2D eigenvalue weighted by Gasteiger charge is 2.48. The van der Waals surface area contributed by atoms with Gasteiger partial charge in [0.25, 0.3) is 0 Å². The average Bonchev–Trinajstić information content (AvgIpc) is 2.36. The number of hydrogen-bond acceptors (Lipinski definition) is 6. The van der Waals surface area contributed by atoms with Gasteiger partial charge in [-0.2, -0.15) is 21.6 Å². The molecule has 6 nitrogen and oxygen atoms in total. The fourth-order valence-corrected chi connectivity index (χ4v) is 1.49. The molecule has 0 aromatic carbocycles. The zero-order valence-electron chi connectivity index (χ0n) is 9.97. The molecule has 0 spiro atoms. The molecular formula is C10H8F3NO5S. The summed E-state index contributed by atoms with van der Waals surface area (Å²) in [4.78, 5) is 14.8. The molecule has 1 aromatic rings. The van der Waals surface area contributed by atoms with Crippen molar-refractivity contribution in [2.75, 3.05) is 7.11 Å². The Hall–Kier alpha value is -2.10. The van der Waals surface area contributed by atoms with Crippen molar-refractivity contribution in [2.45, 2.75) is 5.51 Å². The molecule has 0 atom stereocenters. The van der Waals surface area contributed by atoms with Crippen LogP contribution >= 0.6 is 0 Å². The second-order valence-corrected chi connectivity index (χ2v) is 4.87. The Morgan fingerprint density at radius 2 is 2.00 bits per heavy atom. The first-order chi connectivity index (χ1) is 9.08. The maximum absolute atomic E-state index is 12.1. The van der Waals surface area contributed by atoms with Crippen LogP contribution in [0.3, 0.4) is 0 Å². The first-order valence-corrected chi connectivity index (χ1v) is 6.23. The molecule has 1 aromatic heterocycles. The standard InChI is InChI=1S/C10H8F3NO5S/c1-6(19-20(16,17)10(11,12)13)8-5-7(3-4-14-8)9(15)18-2/h3-5H,1H2,2H3. The molecule has 0 radical (unpaired) electrons. The summed E-state index contributed by atoms with van der Waals surface area (Å²) < 4.78 is 66.1. The van der Waals surface area contributed by atoms with Crippen LogP contribution in [-0.2, 0) is 19.0 Å². The van der Waals surface area contributed by atoms with E-state index >= 15 is 0 Å². The SMILES string of the molecule is C=C(OS(=O)(=O)C(F)(F)F)c1cc(C(=O)OC)ccn1. The molecule has 0 aliphatic heterocycles. The predicted octanol–water partition coefficient (Wildman–Crippen LogP) is 1.71. The van der Waals surface area contributed by atoms with Crippen molar-refractivity contribution in [3.8, 4) is 0 Å². The van der Waals surface area contributed by atoms with E-state index in [1.54, 1.807) is 0 Å². The highest BCUT2D eigenvalue weighted by molar-refractivity contribution is 7.87. The number of esters is 1. The number of ether oxygens (including phenoxy) is 1. The summed E-state index contributed by atoms with van der Waals surface area (Å²) in [5, 5.41) is 0. The third kappa shape index (κ3) is 3.47. The molecule has 1 rings (SSSR count). The number of aromatic nitrogens is 1. The van der Waals surface area contributed by atoms with Crippen LogP contribution in [0.15, 0.2) is 24.9 Å². The third-order valence-electron chi connectivity index (χ3n) is 1.96. The van der Waals surface area contributed by atoms with Gasteiger partial charge in [-0.1, -0.05) is 6.58 Å². The van der Waals surface area contributed by atoms with Crippen LogP contribution in [0.25, 0.3) is 5.76 Å². The summed E-state index contributed by atoms with van der Waals surface area (Å²) in [6.07, 6.45) is 1.07. The van der Waals surface area contributed by atoms with Gasteiger partial charge in [-0.3, -0.25) is 4.98 Å². The Bertz CT molecular complexity index is 639. The first-order valence-electron chi connectivity index (χ1n) is 4.83. The topological polar surface area (TPSA) is 82.6 Å². The third-order valence-corrected chi connectivity index (χ3v) is 2.95. The van der Waals surface area contributed by atoms with Gasteiger partial charge in [-0.15, -0.1) is 0 Å². The van der Waals surface area contributed by atoms with Crippen molar-refractivity contribution in [2.24, 2.45) is 0 Å². The Morgan fingerprint density at radius 1 is 1.40 bits per heavy atom. The molecule has 1 heterocycles. The van der Waals surface area contributed by atoms with Crippen molar-refractivity contribution in [3.05, 3.63) is 36.2 Å². The van der Waals surface area contributed by atoms with Gasteiger partial charge in [-0.25, -0.2) is 4.79 Å². The number of halogens is 3. The second-order valence-electron chi connectivity index (χ2n) is 3.33. The summed E-state index contributed by atoms with van der Waals surface area (Å²) in [5.74, 6) is -1.65. The minimum atomic E-state index is -5.84. The second kappa shape index (κ2) is 5.49. The highest BCUT2D eigenvalue weighted by Crippen LogP contribution is 2.28. The van der Waals surface area contributed by atoms with E-state index in [9.17, 15) is 26.4 Å². The lowest BCUT2D eigenvalue weighted by Gasteiger charge is -2.11. The Morgan fingerprint density at radius 3 is 2.50 bits per heavy atom. The number of methoxy groups -OCH3 is 1. The monoisotopic (exact) mass is 311 g/mol. The number of nitrogens with zero attached hydrogens (tertiary/aromatic N) is 1. The zero-order chi connectivity index (χ0) is 15.6. The molecule has 110 valence electrons. The number of alkyl halides is 3. The minimum Gasteiger partial charge on any atom is -0.465 e. The van der Waals surface area contributed by atoms with E-state index in [0.717, 1.165) is 19.4 Å². The molecule has 0 bridgehead atoms. The smallest absolute Gasteiger partial charge is 0.465 e. The summed E-state index contributed by atoms with van der Waals surface area (Å²) in [6, 6.07) is 2.21. The number of carbonyl (C=O) groups excluding carboxylic acids is 1. The fraction of sp³-hybridized carbons (Fsp3) is 0.200. The molecular weight excluding hydrogens is 303 g/mol. The molecule has 0 saturated heterocycles. The largest absolute Gasteiger partial charge is 0.534 e. The Kier molecular flexibility index (Phi) is 4.38. The number of hydrogen-bond donors (Lipinski definition) is 0. The molecule has 0 unspecified atom stereocenters. The summed E-state index contributed by atoms with van der Waals surface area (Å²) >= 11 is 0. The van der Waals surface area contributed by atoms with Crippen molar-refractivity contribution < 1.29 is 35.3 Å². The molecule has 10 heteroatoms. The van der Waals surface area contributed by atoms with Gasteiger partial charge in [0.15, 0.2) is 5.76 Å². The van der Waals surface area contributed by atoms with Gasteiger partial charge in [0.05, 0.1) is 12.7 Å². The van der Waals surface area contributed by atoms with Crippen LogP contribution in [0, 0.1) is 0 Å². The van der Waals surface area contributed by atoms with E-state index in [0.29, 0.717) is 0 Å². The number of pyridine rings is 1. The number of rotatable bonds is 4. The van der Waals surface area contributed by atoms with Gasteiger partial charge in [0.2, 0.25) is 0 Å². The lowest BCUT2D eigenvalue weighted by atomic mass is 10.2. The summed E-state index contributed by atoms with van der Waals surface area (Å²) in [5.41, 5.74) is -5.98. The van der Waals surface area contributed by atoms with Crippen LogP contribution in [-0.4, -0.2) is 32.0 Å². The molecule has 0 fully saturated rings. The molecule has 0 saturated carbocycles. The summed E-state index contributed by atoms with van der Waals surface area (Å²) in [7, 11) is -4.74. The average molecular weight is 311 g/mol. The van der Waals surface area contributed by atoms with Crippen LogP contribution in [0.1, 0.15) is 16.1 Å². The Labute approximate surface area is 112 Å². The van der Waals surface area contributed by atoms with E-state index < -0.39 is 27.4 Å². The molecule has 0 amide bonds. The normalized spacial score (nSPS) is 11.8. The van der Waals surface area contributed by atoms with Gasteiger partial charge in [0, 0.05) is 6.20 Å². The van der Waals surface area contributed by atoms with Crippen LogP contribution in [0.2, 0.25) is 0 Å². The first kappa shape index (κ1) is 16.0. The van der Waals surface area contributed by atoms with Crippen molar-refractivity contribution in [3.63, 3.8) is 0 Å². The van der Waals surface area contributed by atoms with E-state index in [1.165, 1.54) is 6.07 Å². The van der Waals surface area contributed by atoms with Crippen LogP contribution < -0.4 is 0 Å². The van der Waals surface area contributed by atoms with Gasteiger partial charge >= 0.3 is 21.6 Å². The lowest BCUT2D eigenvalue weighted by Crippen LogP contribution is -2.25. The van der Waals surface area contributed by atoms with Crippen LogP contribution in [0.4, 0.5) is 13.2 Å². The predicted molar refractivity (Wildman–Crippen MR) is 60.7 cm³/mol. The van der Waals surface area contributed by atoms with E-state index in [-0.39, 0.29) is 11.3 Å². The molecule has 20 heavy (non-hydrogen) atoms. The fourth-order valence-electron chi connectivity index (χ4n) is 1.05. The van der Waals surface area contributed by atoms with E-state index in [4.69, 9.17) is 0 Å². The maximum Gasteiger partial charge on any atom is 0.534 e. The quantitative estimate of drug-likeness (QED) is 0.364. The number of carbonyl (C=O) groups is 1. The maximum atomic E-state index is 12.1. The zero-order valence-corrected chi connectivity index (χ0v) is 10.8. The highest BCUT2D eigenvalue weighted by atomic mass is 32.2. The van der Waals surface area contributed by atoms with E-state index in [2.05, 4.69) is 20.5 Å². The minimum absolute atomic E-state index is 0.0494. The van der Waals surface area contributed by atoms with Gasteiger partial charge in [0.1, 0.15) is 5.69 Å². The van der Waals surface area contributed by atoms with Gasteiger partial charge in [-0.05, 0) is 12.1 Å². The van der Waals surface area contributed by atoms with Crippen molar-refractivity contribution in [1.82, 2.24) is 4.98 Å². The Balaban J connectivity index is 3.03. The van der Waals surface area contributed by atoms with E-state index in [1.807, 2.05) is 0 Å². The lowest BCUT2D eigenvalue weighted by molar-refractivity contribution is -0.0509. The molecule has 0 aliphatic carbocycles. The molecule has 0 N–H and O–H groups in total.